The molecule has 0 aliphatic carbocycles. The maximum Gasteiger partial charge on any atom is 0.204 e. The summed E-state index contributed by atoms with van der Waals surface area (Å²) in [4.78, 5) is 13.6. The third-order valence-corrected chi connectivity index (χ3v) is 5.43. The highest BCUT2D eigenvalue weighted by Gasteiger charge is 2.24. The first kappa shape index (κ1) is 23.2. The van der Waals surface area contributed by atoms with Crippen molar-refractivity contribution in [2.24, 2.45) is 0 Å². The molecule has 0 aliphatic heterocycles. The summed E-state index contributed by atoms with van der Waals surface area (Å²) in [7, 11) is 2.83. The molecule has 3 aromatic rings. The Bertz CT molecular complexity index is 1290. The second-order valence-electron chi connectivity index (χ2n) is 8.04. The number of aliphatic hydroxyl groups is 1. The van der Waals surface area contributed by atoms with Gasteiger partial charge in [-0.25, -0.2) is 0 Å². The van der Waals surface area contributed by atoms with Crippen LogP contribution in [0.1, 0.15) is 31.9 Å². The van der Waals surface area contributed by atoms with Gasteiger partial charge in [0.2, 0.25) is 5.43 Å². The molecule has 7 nitrogen and oxygen atoms in total. The van der Waals surface area contributed by atoms with Gasteiger partial charge in [-0.15, -0.1) is 0 Å². The summed E-state index contributed by atoms with van der Waals surface area (Å²) in [6, 6.07) is 2.82. The standard InChI is InChI=1S/C25H28O7/c1-12(2)7-8-14-21-19(10-17(27)25(14)31-6)32-20-11-18(30-5)15(9-16(26)13(3)4)23(28)22(20)24(21)29/h7,10-11,16,26-28H,3,8-9H2,1-2,4-6H3. The molecule has 0 bridgehead atoms. The van der Waals surface area contributed by atoms with Crippen molar-refractivity contribution in [3.8, 4) is 23.0 Å². The third kappa shape index (κ3) is 4.03. The molecule has 2 aromatic carbocycles. The summed E-state index contributed by atoms with van der Waals surface area (Å²) in [5.41, 5.74) is 2.07. The number of hydrogen-bond donors (Lipinski definition) is 3. The minimum Gasteiger partial charge on any atom is -0.507 e. The molecule has 0 aliphatic rings. The van der Waals surface area contributed by atoms with Gasteiger partial charge in [0.25, 0.3) is 0 Å². The van der Waals surface area contributed by atoms with Crippen LogP contribution in [-0.4, -0.2) is 35.6 Å². The molecule has 3 rings (SSSR count). The van der Waals surface area contributed by atoms with Gasteiger partial charge in [-0.2, -0.15) is 0 Å². The van der Waals surface area contributed by atoms with Crippen LogP contribution in [0.2, 0.25) is 0 Å². The van der Waals surface area contributed by atoms with Gasteiger partial charge in [-0.3, -0.25) is 4.79 Å². The number of ether oxygens (including phenoxy) is 2. The summed E-state index contributed by atoms with van der Waals surface area (Å²) in [5.74, 6) is -0.0413. The van der Waals surface area contributed by atoms with E-state index >= 15 is 0 Å². The number of phenols is 2. The number of allylic oxidation sites excluding steroid dienone is 2. The fraction of sp³-hybridized carbons (Fsp3) is 0.320. The lowest BCUT2D eigenvalue weighted by molar-refractivity contribution is 0.209. The van der Waals surface area contributed by atoms with Gasteiger partial charge >= 0.3 is 0 Å². The van der Waals surface area contributed by atoms with Gasteiger partial charge < -0.3 is 29.2 Å². The second kappa shape index (κ2) is 8.96. The molecule has 0 saturated heterocycles. The minimum absolute atomic E-state index is 0.0152. The van der Waals surface area contributed by atoms with Gasteiger partial charge in [0.05, 0.1) is 25.7 Å². The van der Waals surface area contributed by atoms with E-state index in [0.717, 1.165) is 5.57 Å². The van der Waals surface area contributed by atoms with E-state index in [-0.39, 0.29) is 56.9 Å². The first-order chi connectivity index (χ1) is 15.1. The number of rotatable bonds is 7. The maximum atomic E-state index is 13.6. The van der Waals surface area contributed by atoms with E-state index in [1.165, 1.54) is 26.4 Å². The maximum absolute atomic E-state index is 13.6. The SMILES string of the molecule is C=C(C)C(O)Cc1c(OC)cc2oc3cc(O)c(OC)c(CC=C(C)C)c3c(=O)c2c1O. The van der Waals surface area contributed by atoms with Crippen molar-refractivity contribution < 1.29 is 29.2 Å². The quantitative estimate of drug-likeness (QED) is 0.370. The molecule has 0 saturated carbocycles. The van der Waals surface area contributed by atoms with Crippen LogP contribution in [0, 0.1) is 0 Å². The first-order valence-corrected chi connectivity index (χ1v) is 10.2. The topological polar surface area (TPSA) is 109 Å². The summed E-state index contributed by atoms with van der Waals surface area (Å²) in [5, 5.41) is 32.0. The largest absolute Gasteiger partial charge is 0.507 e. The zero-order chi connectivity index (χ0) is 23.7. The molecule has 170 valence electrons. The Morgan fingerprint density at radius 1 is 1.09 bits per heavy atom. The highest BCUT2D eigenvalue weighted by molar-refractivity contribution is 5.97. The third-order valence-electron chi connectivity index (χ3n) is 5.43. The molecule has 0 spiro atoms. The van der Waals surface area contributed by atoms with Crippen molar-refractivity contribution in [2.75, 3.05) is 14.2 Å². The molecular formula is C25H28O7. The van der Waals surface area contributed by atoms with E-state index in [0.29, 0.717) is 17.6 Å². The van der Waals surface area contributed by atoms with Crippen molar-refractivity contribution >= 4 is 21.9 Å². The lowest BCUT2D eigenvalue weighted by atomic mass is 9.97. The Hall–Kier alpha value is -3.45. The highest BCUT2D eigenvalue weighted by Crippen LogP contribution is 2.41. The molecule has 0 amide bonds. The number of aliphatic hydroxyl groups excluding tert-OH is 1. The summed E-state index contributed by atoms with van der Waals surface area (Å²) >= 11 is 0. The number of fused-ring (bicyclic) bond motifs is 2. The monoisotopic (exact) mass is 440 g/mol. The summed E-state index contributed by atoms with van der Waals surface area (Å²) < 4.78 is 16.7. The Morgan fingerprint density at radius 2 is 1.75 bits per heavy atom. The van der Waals surface area contributed by atoms with Gasteiger partial charge in [-0.05, 0) is 27.2 Å². The summed E-state index contributed by atoms with van der Waals surface area (Å²) in [6.07, 6.45) is 1.32. The molecular weight excluding hydrogens is 412 g/mol. The Kier molecular flexibility index (Phi) is 6.50. The van der Waals surface area contributed by atoms with Crippen molar-refractivity contribution in [2.45, 2.75) is 39.7 Å². The summed E-state index contributed by atoms with van der Waals surface area (Å²) in [6.45, 7) is 9.25. The van der Waals surface area contributed by atoms with Crippen LogP contribution < -0.4 is 14.9 Å². The molecule has 0 fully saturated rings. The number of aromatic hydroxyl groups is 2. The molecule has 1 aromatic heterocycles. The van der Waals surface area contributed by atoms with E-state index in [1.807, 2.05) is 19.9 Å². The molecule has 32 heavy (non-hydrogen) atoms. The minimum atomic E-state index is -0.926. The molecule has 0 radical (unpaired) electrons. The zero-order valence-corrected chi connectivity index (χ0v) is 18.9. The predicted octanol–water partition coefficient (Wildman–Crippen LogP) is 4.36. The van der Waals surface area contributed by atoms with Crippen LogP contribution in [-0.2, 0) is 12.8 Å². The van der Waals surface area contributed by atoms with Crippen LogP contribution in [0.4, 0.5) is 0 Å². The van der Waals surface area contributed by atoms with Crippen molar-refractivity contribution in [1.82, 2.24) is 0 Å². The number of methoxy groups -OCH3 is 2. The molecule has 7 heteroatoms. The normalized spacial score (nSPS) is 12.1. The highest BCUT2D eigenvalue weighted by atomic mass is 16.5. The van der Waals surface area contributed by atoms with Crippen molar-refractivity contribution in [1.29, 1.82) is 0 Å². The average Bonchev–Trinajstić information content (AvgIpc) is 2.72. The van der Waals surface area contributed by atoms with E-state index in [9.17, 15) is 20.1 Å². The average molecular weight is 440 g/mol. The van der Waals surface area contributed by atoms with E-state index in [1.54, 1.807) is 6.92 Å². The van der Waals surface area contributed by atoms with Crippen LogP contribution in [0.5, 0.6) is 23.0 Å². The lowest BCUT2D eigenvalue weighted by Crippen LogP contribution is -2.13. The van der Waals surface area contributed by atoms with E-state index in [4.69, 9.17) is 13.9 Å². The van der Waals surface area contributed by atoms with Crippen LogP contribution in [0.25, 0.3) is 21.9 Å². The predicted molar refractivity (Wildman–Crippen MR) is 124 cm³/mol. The Balaban J connectivity index is 2.45. The molecule has 1 heterocycles. The van der Waals surface area contributed by atoms with Gasteiger partial charge in [0.15, 0.2) is 11.5 Å². The van der Waals surface area contributed by atoms with Gasteiger partial charge in [-0.1, -0.05) is 23.8 Å². The van der Waals surface area contributed by atoms with Crippen LogP contribution in [0.15, 0.2) is 45.1 Å². The van der Waals surface area contributed by atoms with Crippen LogP contribution in [0.3, 0.4) is 0 Å². The fourth-order valence-corrected chi connectivity index (χ4v) is 3.69. The first-order valence-electron chi connectivity index (χ1n) is 10.2. The second-order valence-corrected chi connectivity index (χ2v) is 8.04. The number of benzene rings is 2. The fourth-order valence-electron chi connectivity index (χ4n) is 3.69. The van der Waals surface area contributed by atoms with E-state index in [2.05, 4.69) is 6.58 Å². The zero-order valence-electron chi connectivity index (χ0n) is 18.9. The van der Waals surface area contributed by atoms with Crippen LogP contribution >= 0.6 is 0 Å². The molecule has 1 unspecified atom stereocenters. The smallest absolute Gasteiger partial charge is 0.204 e. The Morgan fingerprint density at radius 3 is 2.31 bits per heavy atom. The van der Waals surface area contributed by atoms with Gasteiger partial charge in [0.1, 0.15) is 28.1 Å². The van der Waals surface area contributed by atoms with Crippen molar-refractivity contribution in [3.63, 3.8) is 0 Å². The van der Waals surface area contributed by atoms with Crippen molar-refractivity contribution in [3.05, 3.63) is 57.3 Å². The van der Waals surface area contributed by atoms with Gasteiger partial charge in [0, 0.05) is 29.7 Å². The molecule has 1 atom stereocenters. The van der Waals surface area contributed by atoms with E-state index < -0.39 is 11.5 Å². The number of phenolic OH excluding ortho intramolecular Hbond substituents is 2. The molecule has 3 N–H and O–H groups in total. The number of hydrogen-bond acceptors (Lipinski definition) is 7. The Labute approximate surface area is 185 Å². The lowest BCUT2D eigenvalue weighted by Gasteiger charge is -2.17.